The van der Waals surface area contributed by atoms with E-state index in [2.05, 4.69) is 44.4 Å². The topological polar surface area (TPSA) is 62.7 Å². The first kappa shape index (κ1) is 17.7. The number of hydrogen-bond acceptors (Lipinski definition) is 3. The Bertz CT molecular complexity index is 900. The van der Waals surface area contributed by atoms with Crippen molar-refractivity contribution >= 4 is 32.9 Å². The standard InChI is InChI=1S/C19H23BrN4O/c1-2-3-4-5-6-8-21-15-11-16-17(13-23-19(16)22-12-15)14-7-9-24(20)18(25)10-14/h7,9-13,21H,2-6,8H2,1H3,(H,22,23). The zero-order chi connectivity index (χ0) is 17.6. The van der Waals surface area contributed by atoms with Crippen LogP contribution in [0.4, 0.5) is 5.69 Å². The minimum atomic E-state index is -0.0961. The Morgan fingerprint density at radius 2 is 2.08 bits per heavy atom. The normalized spacial score (nSPS) is 11.1. The lowest BCUT2D eigenvalue weighted by Gasteiger charge is -2.07. The molecule has 3 aromatic rings. The molecule has 0 spiro atoms. The average Bonchev–Trinajstić information content (AvgIpc) is 3.03. The summed E-state index contributed by atoms with van der Waals surface area (Å²) in [6.07, 6.45) is 11.8. The number of halogens is 1. The van der Waals surface area contributed by atoms with Crippen molar-refractivity contribution in [3.8, 4) is 11.1 Å². The Morgan fingerprint density at radius 1 is 1.24 bits per heavy atom. The summed E-state index contributed by atoms with van der Waals surface area (Å²) in [6.45, 7) is 3.18. The Hall–Kier alpha value is -2.08. The summed E-state index contributed by atoms with van der Waals surface area (Å²) in [5, 5.41) is 4.47. The third-order valence-corrected chi connectivity index (χ3v) is 4.91. The Morgan fingerprint density at radius 3 is 2.88 bits per heavy atom. The molecular formula is C19H23BrN4O. The molecule has 0 aliphatic carbocycles. The molecule has 6 heteroatoms. The predicted octanol–water partition coefficient (Wildman–Crippen LogP) is 4.93. The molecule has 25 heavy (non-hydrogen) atoms. The van der Waals surface area contributed by atoms with Crippen LogP contribution in [0.5, 0.6) is 0 Å². The van der Waals surface area contributed by atoms with Gasteiger partial charge in [0.15, 0.2) is 0 Å². The maximum Gasteiger partial charge on any atom is 0.261 e. The minimum absolute atomic E-state index is 0.0961. The van der Waals surface area contributed by atoms with Crippen LogP contribution >= 0.6 is 16.1 Å². The largest absolute Gasteiger partial charge is 0.384 e. The molecule has 0 bridgehead atoms. The summed E-state index contributed by atoms with van der Waals surface area (Å²) in [4.78, 5) is 19.5. The molecule has 0 saturated heterocycles. The molecule has 0 unspecified atom stereocenters. The fraction of sp³-hybridized carbons (Fsp3) is 0.368. The molecule has 5 nitrogen and oxygen atoms in total. The van der Waals surface area contributed by atoms with Gasteiger partial charge in [-0.1, -0.05) is 32.6 Å². The molecule has 132 valence electrons. The van der Waals surface area contributed by atoms with Crippen molar-refractivity contribution in [1.29, 1.82) is 0 Å². The summed E-state index contributed by atoms with van der Waals surface area (Å²) < 4.78 is 1.38. The summed E-state index contributed by atoms with van der Waals surface area (Å²) in [6, 6.07) is 5.62. The van der Waals surface area contributed by atoms with Gasteiger partial charge in [0.05, 0.1) is 28.0 Å². The molecule has 0 atom stereocenters. The van der Waals surface area contributed by atoms with Crippen LogP contribution in [-0.4, -0.2) is 20.1 Å². The Labute approximate surface area is 155 Å². The zero-order valence-corrected chi connectivity index (χ0v) is 16.0. The van der Waals surface area contributed by atoms with E-state index in [0.29, 0.717) is 0 Å². The highest BCUT2D eigenvalue weighted by atomic mass is 79.9. The number of unbranched alkanes of at least 4 members (excludes halogenated alkanes) is 4. The second-order valence-corrected chi connectivity index (χ2v) is 6.99. The number of aromatic amines is 1. The van der Waals surface area contributed by atoms with Gasteiger partial charge in [0.25, 0.3) is 5.56 Å². The average molecular weight is 403 g/mol. The number of fused-ring (bicyclic) bond motifs is 1. The van der Waals surface area contributed by atoms with Gasteiger partial charge in [-0.3, -0.25) is 8.39 Å². The van der Waals surface area contributed by atoms with Crippen LogP contribution in [0.15, 0.2) is 41.6 Å². The lowest BCUT2D eigenvalue weighted by atomic mass is 10.1. The van der Waals surface area contributed by atoms with Crippen LogP contribution in [0.1, 0.15) is 39.0 Å². The van der Waals surface area contributed by atoms with Crippen LogP contribution in [-0.2, 0) is 0 Å². The lowest BCUT2D eigenvalue weighted by Crippen LogP contribution is -2.09. The SMILES string of the molecule is CCCCCCCNc1cnc2[nH]cc(-c3ccn(Br)c(=O)c3)c2c1. The quantitative estimate of drug-likeness (QED) is 0.524. The maximum absolute atomic E-state index is 11.9. The van der Waals surface area contributed by atoms with E-state index >= 15 is 0 Å². The first-order chi connectivity index (χ1) is 12.2. The van der Waals surface area contributed by atoms with E-state index in [9.17, 15) is 4.79 Å². The second-order valence-electron chi connectivity index (χ2n) is 6.23. The van der Waals surface area contributed by atoms with Crippen molar-refractivity contribution in [1.82, 2.24) is 13.6 Å². The molecule has 2 N–H and O–H groups in total. The van der Waals surface area contributed by atoms with Crippen LogP contribution in [0.3, 0.4) is 0 Å². The van der Waals surface area contributed by atoms with Crippen LogP contribution in [0, 0.1) is 0 Å². The summed E-state index contributed by atoms with van der Waals surface area (Å²) in [7, 11) is 0. The fourth-order valence-electron chi connectivity index (χ4n) is 2.93. The molecule has 3 aromatic heterocycles. The molecular weight excluding hydrogens is 380 g/mol. The zero-order valence-electron chi connectivity index (χ0n) is 14.4. The highest BCUT2D eigenvalue weighted by Gasteiger charge is 2.09. The van der Waals surface area contributed by atoms with E-state index in [4.69, 9.17) is 0 Å². The Kier molecular flexibility index (Phi) is 5.91. The number of hydrogen-bond donors (Lipinski definition) is 2. The monoisotopic (exact) mass is 402 g/mol. The van der Waals surface area contributed by atoms with Gasteiger partial charge in [-0.15, -0.1) is 0 Å². The van der Waals surface area contributed by atoms with Crippen LogP contribution in [0.2, 0.25) is 0 Å². The van der Waals surface area contributed by atoms with E-state index < -0.39 is 0 Å². The second kappa shape index (κ2) is 8.34. The van der Waals surface area contributed by atoms with Crippen molar-refractivity contribution in [2.45, 2.75) is 39.0 Å². The number of aromatic nitrogens is 3. The number of nitrogens with zero attached hydrogens (tertiary/aromatic N) is 2. The first-order valence-corrected chi connectivity index (χ1v) is 9.50. The van der Waals surface area contributed by atoms with Crippen molar-refractivity contribution in [2.24, 2.45) is 0 Å². The van der Waals surface area contributed by atoms with Gasteiger partial charge in [-0.05, 0) is 24.1 Å². The number of rotatable bonds is 8. The van der Waals surface area contributed by atoms with Crippen LogP contribution < -0.4 is 10.9 Å². The molecule has 0 amide bonds. The smallest absolute Gasteiger partial charge is 0.261 e. The number of anilines is 1. The molecule has 0 fully saturated rings. The van der Waals surface area contributed by atoms with Crippen molar-refractivity contribution in [2.75, 3.05) is 11.9 Å². The van der Waals surface area contributed by atoms with Gasteiger partial charge in [0.2, 0.25) is 0 Å². The van der Waals surface area contributed by atoms with E-state index in [1.54, 1.807) is 12.3 Å². The van der Waals surface area contributed by atoms with E-state index in [-0.39, 0.29) is 5.56 Å². The summed E-state index contributed by atoms with van der Waals surface area (Å²) in [5.41, 5.74) is 3.61. The molecule has 0 aromatic carbocycles. The van der Waals surface area contributed by atoms with E-state index in [0.717, 1.165) is 34.4 Å². The minimum Gasteiger partial charge on any atom is -0.384 e. The molecule has 0 radical (unpaired) electrons. The predicted molar refractivity (Wildman–Crippen MR) is 107 cm³/mol. The van der Waals surface area contributed by atoms with Crippen molar-refractivity contribution < 1.29 is 0 Å². The van der Waals surface area contributed by atoms with Gasteiger partial charge >= 0.3 is 0 Å². The highest BCUT2D eigenvalue weighted by molar-refractivity contribution is 9.08. The van der Waals surface area contributed by atoms with Gasteiger partial charge < -0.3 is 10.3 Å². The van der Waals surface area contributed by atoms with Crippen molar-refractivity contribution in [3.05, 3.63) is 47.1 Å². The third-order valence-electron chi connectivity index (χ3n) is 4.33. The fourth-order valence-corrected chi connectivity index (χ4v) is 3.15. The Balaban J connectivity index is 1.75. The summed E-state index contributed by atoms with van der Waals surface area (Å²) >= 11 is 3.18. The number of nitrogens with one attached hydrogen (secondary N) is 2. The molecule has 3 rings (SSSR count). The van der Waals surface area contributed by atoms with E-state index in [1.807, 2.05) is 18.5 Å². The lowest BCUT2D eigenvalue weighted by molar-refractivity contribution is 0.645. The number of pyridine rings is 2. The van der Waals surface area contributed by atoms with Crippen LogP contribution in [0.25, 0.3) is 22.2 Å². The van der Waals surface area contributed by atoms with Gasteiger partial charge in [0.1, 0.15) is 5.65 Å². The highest BCUT2D eigenvalue weighted by Crippen LogP contribution is 2.28. The molecule has 0 aliphatic rings. The first-order valence-electron chi connectivity index (χ1n) is 8.79. The summed E-state index contributed by atoms with van der Waals surface area (Å²) in [5.74, 6) is 0. The molecule has 0 saturated carbocycles. The van der Waals surface area contributed by atoms with Gasteiger partial charge in [-0.25, -0.2) is 4.98 Å². The van der Waals surface area contributed by atoms with E-state index in [1.165, 1.54) is 35.7 Å². The van der Waals surface area contributed by atoms with Crippen molar-refractivity contribution in [3.63, 3.8) is 0 Å². The number of H-pyrrole nitrogens is 1. The third kappa shape index (κ3) is 4.31. The van der Waals surface area contributed by atoms with Gasteiger partial charge in [0, 0.05) is 36.0 Å². The molecule has 0 aliphatic heterocycles. The molecule has 3 heterocycles. The maximum atomic E-state index is 11.9. The van der Waals surface area contributed by atoms with Gasteiger partial charge in [-0.2, -0.15) is 0 Å².